The van der Waals surface area contributed by atoms with E-state index < -0.39 is 0 Å². The molecule has 0 spiro atoms. The van der Waals surface area contributed by atoms with Crippen LogP contribution in [0.5, 0.6) is 0 Å². The van der Waals surface area contributed by atoms with Crippen LogP contribution in [0.3, 0.4) is 0 Å². The fourth-order valence-electron chi connectivity index (χ4n) is 2.04. The summed E-state index contributed by atoms with van der Waals surface area (Å²) in [7, 11) is 0. The second-order valence-electron chi connectivity index (χ2n) is 4.64. The third-order valence-corrected chi connectivity index (χ3v) is 3.70. The smallest absolute Gasteiger partial charge is 0.196 e. The number of hydrogen-bond donors (Lipinski definition) is 0. The van der Waals surface area contributed by atoms with Crippen molar-refractivity contribution in [1.82, 2.24) is 10.2 Å². The molecule has 3 aromatic rings. The molecule has 0 saturated carbocycles. The van der Waals surface area contributed by atoms with Gasteiger partial charge in [0.25, 0.3) is 0 Å². The molecule has 0 unspecified atom stereocenters. The van der Waals surface area contributed by atoms with Gasteiger partial charge in [0.05, 0.1) is 11.3 Å². The highest BCUT2D eigenvalue weighted by Crippen LogP contribution is 2.23. The van der Waals surface area contributed by atoms with Gasteiger partial charge in [0.2, 0.25) is 0 Å². The number of benzene rings is 2. The Morgan fingerprint density at radius 2 is 1.55 bits per heavy atom. The molecule has 0 N–H and O–H groups in total. The molecule has 2 aromatic carbocycles. The molecule has 22 heavy (non-hydrogen) atoms. The minimum Gasteiger partial charge on any atom is -0.288 e. The van der Waals surface area contributed by atoms with Crippen molar-refractivity contribution < 1.29 is 4.79 Å². The van der Waals surface area contributed by atoms with E-state index in [1.54, 1.807) is 30.3 Å². The Hall–Kier alpha value is -2.23. The average molecular weight is 329 g/mol. The number of carbonyl (C=O) groups is 1. The van der Waals surface area contributed by atoms with Gasteiger partial charge in [-0.3, -0.25) is 4.79 Å². The Morgan fingerprint density at radius 1 is 0.864 bits per heavy atom. The quantitative estimate of drug-likeness (QED) is 0.655. The topological polar surface area (TPSA) is 42.9 Å². The van der Waals surface area contributed by atoms with Crippen LogP contribution < -0.4 is 0 Å². The van der Waals surface area contributed by atoms with Crippen molar-refractivity contribution >= 4 is 29.0 Å². The normalized spacial score (nSPS) is 10.5. The van der Waals surface area contributed by atoms with Crippen molar-refractivity contribution in [2.45, 2.75) is 0 Å². The summed E-state index contributed by atoms with van der Waals surface area (Å²) >= 11 is 11.9. The molecule has 0 amide bonds. The summed E-state index contributed by atoms with van der Waals surface area (Å²) in [5.74, 6) is -0.214. The van der Waals surface area contributed by atoms with Crippen LogP contribution in [-0.2, 0) is 0 Å². The molecule has 1 aromatic heterocycles. The van der Waals surface area contributed by atoms with Crippen molar-refractivity contribution in [3.8, 4) is 11.3 Å². The zero-order valence-corrected chi connectivity index (χ0v) is 12.8. The summed E-state index contributed by atoms with van der Waals surface area (Å²) < 4.78 is 0. The maximum absolute atomic E-state index is 12.6. The Bertz CT molecular complexity index is 818. The fourth-order valence-corrected chi connectivity index (χ4v) is 2.35. The van der Waals surface area contributed by atoms with Crippen molar-refractivity contribution in [2.75, 3.05) is 0 Å². The molecule has 0 atom stereocenters. The predicted molar refractivity (Wildman–Crippen MR) is 87.4 cm³/mol. The first kappa shape index (κ1) is 14.7. The lowest BCUT2D eigenvalue weighted by Gasteiger charge is -2.06. The van der Waals surface area contributed by atoms with E-state index in [0.717, 1.165) is 5.56 Å². The molecule has 0 radical (unpaired) electrons. The molecule has 3 rings (SSSR count). The van der Waals surface area contributed by atoms with Crippen LogP contribution in [0.4, 0.5) is 0 Å². The van der Waals surface area contributed by atoms with Crippen LogP contribution in [0.25, 0.3) is 11.3 Å². The Balaban J connectivity index is 2.03. The third-order valence-electron chi connectivity index (χ3n) is 3.17. The molecule has 0 bridgehead atoms. The lowest BCUT2D eigenvalue weighted by atomic mass is 10.0. The number of carbonyl (C=O) groups excluding carboxylic acids is 1. The number of rotatable bonds is 3. The van der Waals surface area contributed by atoms with Gasteiger partial charge in [0.15, 0.2) is 10.9 Å². The summed E-state index contributed by atoms with van der Waals surface area (Å²) in [6, 6.07) is 17.8. The van der Waals surface area contributed by atoms with E-state index in [2.05, 4.69) is 10.2 Å². The minimum atomic E-state index is -0.214. The molecule has 0 fully saturated rings. The highest BCUT2D eigenvalue weighted by atomic mass is 35.5. The van der Waals surface area contributed by atoms with E-state index in [0.29, 0.717) is 21.8 Å². The van der Waals surface area contributed by atoms with E-state index in [9.17, 15) is 4.79 Å². The van der Waals surface area contributed by atoms with Crippen LogP contribution in [0.15, 0.2) is 60.7 Å². The zero-order chi connectivity index (χ0) is 15.5. The molecule has 108 valence electrons. The number of hydrogen-bond acceptors (Lipinski definition) is 3. The molecule has 5 heteroatoms. The van der Waals surface area contributed by atoms with Crippen LogP contribution in [0.2, 0.25) is 10.2 Å². The third kappa shape index (κ3) is 3.01. The number of ketones is 1. The molecule has 0 aliphatic rings. The van der Waals surface area contributed by atoms with Gasteiger partial charge in [-0.15, -0.1) is 10.2 Å². The minimum absolute atomic E-state index is 0.0830. The number of aromatic nitrogens is 2. The first-order valence-corrected chi connectivity index (χ1v) is 7.29. The molecule has 0 aliphatic heterocycles. The Kier molecular flexibility index (Phi) is 4.18. The summed E-state index contributed by atoms with van der Waals surface area (Å²) in [4.78, 5) is 12.6. The summed E-state index contributed by atoms with van der Waals surface area (Å²) in [6.45, 7) is 0. The lowest BCUT2D eigenvalue weighted by Crippen LogP contribution is -2.05. The second kappa shape index (κ2) is 6.26. The largest absolute Gasteiger partial charge is 0.288 e. The van der Waals surface area contributed by atoms with Gasteiger partial charge < -0.3 is 0 Å². The van der Waals surface area contributed by atoms with Crippen LogP contribution in [0, 0.1) is 0 Å². The standard InChI is InChI=1S/C17H10Cl2N2O/c18-13-8-6-12(7-9-13)16(22)14-10-15(20-21-17(14)19)11-4-2-1-3-5-11/h1-10H. The van der Waals surface area contributed by atoms with Crippen LogP contribution >= 0.6 is 23.2 Å². The van der Waals surface area contributed by atoms with E-state index in [-0.39, 0.29) is 10.9 Å². The van der Waals surface area contributed by atoms with Gasteiger partial charge >= 0.3 is 0 Å². The summed E-state index contributed by atoms with van der Waals surface area (Å²) in [6.07, 6.45) is 0. The maximum Gasteiger partial charge on any atom is 0.196 e. The van der Waals surface area contributed by atoms with Crippen molar-refractivity contribution in [3.05, 3.63) is 82.0 Å². The molecular formula is C17H10Cl2N2O. The first-order valence-electron chi connectivity index (χ1n) is 6.54. The number of halogens is 2. The highest BCUT2D eigenvalue weighted by Gasteiger charge is 2.16. The van der Waals surface area contributed by atoms with Crippen LogP contribution in [0.1, 0.15) is 15.9 Å². The predicted octanol–water partition coefficient (Wildman–Crippen LogP) is 4.68. The first-order chi connectivity index (χ1) is 10.6. The van der Waals surface area contributed by atoms with Gasteiger partial charge in [-0.2, -0.15) is 0 Å². The van der Waals surface area contributed by atoms with Crippen molar-refractivity contribution in [3.63, 3.8) is 0 Å². The maximum atomic E-state index is 12.6. The van der Waals surface area contributed by atoms with Crippen molar-refractivity contribution in [2.24, 2.45) is 0 Å². The highest BCUT2D eigenvalue weighted by molar-refractivity contribution is 6.34. The molecule has 0 saturated heterocycles. The van der Waals surface area contributed by atoms with E-state index in [1.807, 2.05) is 30.3 Å². The van der Waals surface area contributed by atoms with Gasteiger partial charge in [-0.05, 0) is 30.3 Å². The number of nitrogens with zero attached hydrogens (tertiary/aromatic N) is 2. The fraction of sp³-hybridized carbons (Fsp3) is 0. The van der Waals surface area contributed by atoms with E-state index in [4.69, 9.17) is 23.2 Å². The van der Waals surface area contributed by atoms with E-state index >= 15 is 0 Å². The molecule has 3 nitrogen and oxygen atoms in total. The Labute approximate surface area is 137 Å². The van der Waals surface area contributed by atoms with Crippen LogP contribution in [-0.4, -0.2) is 16.0 Å². The zero-order valence-electron chi connectivity index (χ0n) is 11.3. The molecule has 1 heterocycles. The molecule has 0 aliphatic carbocycles. The summed E-state index contributed by atoms with van der Waals surface area (Å²) in [5.41, 5.74) is 2.29. The lowest BCUT2D eigenvalue weighted by molar-refractivity contribution is 0.103. The second-order valence-corrected chi connectivity index (χ2v) is 5.43. The van der Waals surface area contributed by atoms with E-state index in [1.165, 1.54) is 0 Å². The van der Waals surface area contributed by atoms with Gasteiger partial charge in [0.1, 0.15) is 0 Å². The van der Waals surface area contributed by atoms with Gasteiger partial charge in [-0.25, -0.2) is 0 Å². The monoisotopic (exact) mass is 328 g/mol. The average Bonchev–Trinajstić information content (AvgIpc) is 2.56. The SMILES string of the molecule is O=C(c1ccc(Cl)cc1)c1cc(-c2ccccc2)nnc1Cl. The Morgan fingerprint density at radius 3 is 2.23 bits per heavy atom. The van der Waals surface area contributed by atoms with Gasteiger partial charge in [0, 0.05) is 16.1 Å². The molecular weight excluding hydrogens is 319 g/mol. The summed E-state index contributed by atoms with van der Waals surface area (Å²) in [5, 5.41) is 8.59. The van der Waals surface area contributed by atoms with Gasteiger partial charge in [-0.1, -0.05) is 53.5 Å². The van der Waals surface area contributed by atoms with Crippen molar-refractivity contribution in [1.29, 1.82) is 0 Å².